The molecule has 1 N–H and O–H groups in total. The third-order valence-electron chi connectivity index (χ3n) is 6.90. The van der Waals surface area contributed by atoms with Crippen LogP contribution in [0.1, 0.15) is 50.7 Å². The van der Waals surface area contributed by atoms with Gasteiger partial charge in [-0.3, -0.25) is 9.79 Å². The minimum Gasteiger partial charge on any atom is -0.480 e. The molecule has 0 saturated heterocycles. The van der Waals surface area contributed by atoms with Gasteiger partial charge in [0.05, 0.1) is 18.2 Å². The fraction of sp³-hybridized carbons (Fsp3) is 0.367. The number of esters is 1. The van der Waals surface area contributed by atoms with Gasteiger partial charge in [0.15, 0.2) is 0 Å². The van der Waals surface area contributed by atoms with Crippen LogP contribution in [-0.4, -0.2) is 35.4 Å². The van der Waals surface area contributed by atoms with Crippen molar-refractivity contribution in [1.29, 1.82) is 0 Å². The number of ether oxygens (including phenoxy) is 1. The Balaban J connectivity index is 1.99. The number of hydrogen-bond donors (Lipinski definition) is 1. The fourth-order valence-electron chi connectivity index (χ4n) is 5.29. The van der Waals surface area contributed by atoms with Gasteiger partial charge >= 0.3 is 11.9 Å². The van der Waals surface area contributed by atoms with Gasteiger partial charge in [-0.05, 0) is 56.7 Å². The van der Waals surface area contributed by atoms with E-state index in [1.165, 1.54) is 0 Å². The lowest BCUT2D eigenvalue weighted by atomic mass is 9.64. The van der Waals surface area contributed by atoms with Gasteiger partial charge in [-0.2, -0.15) is 0 Å². The van der Waals surface area contributed by atoms with E-state index >= 15 is 0 Å². The minimum atomic E-state index is -1.53. The number of benzene rings is 2. The molecule has 0 radical (unpaired) electrons. The number of hydrogen-bond acceptors (Lipinski definition) is 4. The second-order valence-corrected chi connectivity index (χ2v) is 9.17. The van der Waals surface area contributed by atoms with Crippen LogP contribution in [0.4, 0.5) is 0 Å². The van der Waals surface area contributed by atoms with Crippen LogP contribution in [0.5, 0.6) is 0 Å². The van der Waals surface area contributed by atoms with Crippen molar-refractivity contribution in [3.05, 3.63) is 82.9 Å². The van der Waals surface area contributed by atoms with Crippen molar-refractivity contribution in [2.75, 3.05) is 6.61 Å². The maximum atomic E-state index is 13.4. The van der Waals surface area contributed by atoms with Crippen LogP contribution < -0.4 is 0 Å². The van der Waals surface area contributed by atoms with E-state index in [-0.39, 0.29) is 24.5 Å². The van der Waals surface area contributed by atoms with E-state index in [1.807, 2.05) is 67.6 Å². The Bertz CT molecular complexity index is 1200. The van der Waals surface area contributed by atoms with Crippen LogP contribution in [0.2, 0.25) is 0 Å². The normalized spacial score (nSPS) is 22.2. The van der Waals surface area contributed by atoms with E-state index in [9.17, 15) is 14.7 Å². The summed E-state index contributed by atoms with van der Waals surface area (Å²) in [5.41, 5.74) is 1.27. The van der Waals surface area contributed by atoms with Crippen molar-refractivity contribution >= 4 is 17.7 Å². The molecule has 2 aliphatic rings. The Labute approximate surface area is 206 Å². The molecule has 1 aliphatic heterocycles. The number of carboxylic acid groups (broad SMARTS) is 1. The predicted molar refractivity (Wildman–Crippen MR) is 136 cm³/mol. The smallest absolute Gasteiger partial charge is 0.337 e. The van der Waals surface area contributed by atoms with Crippen molar-refractivity contribution in [3.8, 4) is 11.8 Å². The monoisotopic (exact) mass is 469 g/mol. The first-order valence-electron chi connectivity index (χ1n) is 12.3. The molecule has 0 amide bonds. The average molecular weight is 470 g/mol. The first-order chi connectivity index (χ1) is 17.0. The number of dihydropyridines is 1. The van der Waals surface area contributed by atoms with Crippen LogP contribution in [0.15, 0.2) is 76.8 Å². The summed E-state index contributed by atoms with van der Waals surface area (Å²) < 4.78 is 5.39. The van der Waals surface area contributed by atoms with Crippen LogP contribution in [-0.2, 0) is 20.7 Å². The molecule has 180 valence electrons. The maximum absolute atomic E-state index is 13.4. The highest BCUT2D eigenvalue weighted by Crippen LogP contribution is 2.46. The van der Waals surface area contributed by atoms with Gasteiger partial charge in [0.2, 0.25) is 0 Å². The molecule has 0 spiro atoms. The third kappa shape index (κ3) is 4.93. The molecular weight excluding hydrogens is 438 g/mol. The number of carbonyl (C=O) groups excluding carboxylic acids is 1. The SMILES string of the molecule is CCOC(=O)C1=C(C#Cc2ccccc2)C(Cc2ccccc2)(C(=O)O)C(C2CCCC2)=NC1C. The van der Waals surface area contributed by atoms with Gasteiger partial charge in [0, 0.05) is 16.8 Å². The molecule has 1 heterocycles. The predicted octanol–water partition coefficient (Wildman–Crippen LogP) is 5.24. The van der Waals surface area contributed by atoms with Crippen molar-refractivity contribution < 1.29 is 19.4 Å². The molecule has 2 unspecified atom stereocenters. The first kappa shape index (κ1) is 24.5. The standard InChI is InChI=1S/C30H31NO4/c1-3-35-28(32)26-21(2)31-27(24-16-10-11-17-24)30(29(33)34,20-23-14-8-5-9-15-23)25(26)19-18-22-12-6-4-7-13-22/h4-9,12-15,21,24H,3,10-11,16-17,20H2,1-2H3,(H,33,34). The molecule has 4 rings (SSSR count). The number of carboxylic acids is 1. The number of aliphatic carboxylic acids is 1. The van der Waals surface area contributed by atoms with Gasteiger partial charge < -0.3 is 9.84 Å². The number of rotatable bonds is 6. The summed E-state index contributed by atoms with van der Waals surface area (Å²) in [4.78, 5) is 31.5. The maximum Gasteiger partial charge on any atom is 0.337 e. The average Bonchev–Trinajstić information content (AvgIpc) is 3.39. The number of nitrogens with zero attached hydrogens (tertiary/aromatic N) is 1. The molecule has 35 heavy (non-hydrogen) atoms. The van der Waals surface area contributed by atoms with Crippen molar-refractivity contribution in [2.24, 2.45) is 16.3 Å². The highest BCUT2D eigenvalue weighted by Gasteiger charge is 2.54. The molecule has 1 saturated carbocycles. The van der Waals surface area contributed by atoms with Crippen molar-refractivity contribution in [3.63, 3.8) is 0 Å². The van der Waals surface area contributed by atoms with Crippen LogP contribution in [0.25, 0.3) is 0 Å². The van der Waals surface area contributed by atoms with E-state index in [0.29, 0.717) is 11.3 Å². The molecule has 1 fully saturated rings. The minimum absolute atomic E-state index is 0.0505. The van der Waals surface area contributed by atoms with Gasteiger partial charge in [0.25, 0.3) is 0 Å². The molecule has 0 aromatic heterocycles. The molecule has 5 nitrogen and oxygen atoms in total. The van der Waals surface area contributed by atoms with Crippen LogP contribution in [0.3, 0.4) is 0 Å². The summed E-state index contributed by atoms with van der Waals surface area (Å²) in [7, 11) is 0. The van der Waals surface area contributed by atoms with Gasteiger partial charge in [0.1, 0.15) is 5.41 Å². The second kappa shape index (κ2) is 10.7. The largest absolute Gasteiger partial charge is 0.480 e. The topological polar surface area (TPSA) is 76.0 Å². The molecule has 2 aromatic carbocycles. The van der Waals surface area contributed by atoms with E-state index < -0.39 is 23.4 Å². The summed E-state index contributed by atoms with van der Waals surface area (Å²) in [5, 5.41) is 10.9. The van der Waals surface area contributed by atoms with Gasteiger partial charge in [-0.1, -0.05) is 73.2 Å². The number of aliphatic imine (C=N–C) groups is 1. The van der Waals surface area contributed by atoms with Gasteiger partial charge in [-0.15, -0.1) is 0 Å². The van der Waals surface area contributed by atoms with Crippen LogP contribution in [0, 0.1) is 23.2 Å². The number of carbonyl (C=O) groups is 2. The lowest BCUT2D eigenvalue weighted by Crippen LogP contribution is -2.50. The first-order valence-corrected chi connectivity index (χ1v) is 12.3. The summed E-state index contributed by atoms with van der Waals surface area (Å²) in [6.07, 6.45) is 4.04. The van der Waals surface area contributed by atoms with E-state index in [1.54, 1.807) is 6.92 Å². The zero-order valence-electron chi connectivity index (χ0n) is 20.3. The molecule has 2 aromatic rings. The Morgan fingerprint density at radius 3 is 2.26 bits per heavy atom. The zero-order valence-corrected chi connectivity index (χ0v) is 20.3. The van der Waals surface area contributed by atoms with Crippen LogP contribution >= 0.6 is 0 Å². The highest BCUT2D eigenvalue weighted by atomic mass is 16.5. The summed E-state index contributed by atoms with van der Waals surface area (Å²) in [6, 6.07) is 18.4. The summed E-state index contributed by atoms with van der Waals surface area (Å²) >= 11 is 0. The molecule has 5 heteroatoms. The fourth-order valence-corrected chi connectivity index (χ4v) is 5.29. The summed E-state index contributed by atoms with van der Waals surface area (Å²) in [6.45, 7) is 3.76. The molecule has 2 atom stereocenters. The quantitative estimate of drug-likeness (QED) is 0.463. The van der Waals surface area contributed by atoms with E-state index in [4.69, 9.17) is 9.73 Å². The molecule has 1 aliphatic carbocycles. The highest BCUT2D eigenvalue weighted by molar-refractivity contribution is 6.14. The van der Waals surface area contributed by atoms with Gasteiger partial charge in [-0.25, -0.2) is 4.79 Å². The lowest BCUT2D eigenvalue weighted by Gasteiger charge is -2.39. The lowest BCUT2D eigenvalue weighted by molar-refractivity contribution is -0.143. The van der Waals surface area contributed by atoms with Crippen molar-refractivity contribution in [2.45, 2.75) is 52.0 Å². The third-order valence-corrected chi connectivity index (χ3v) is 6.90. The Morgan fingerprint density at radius 1 is 1.03 bits per heavy atom. The van der Waals surface area contributed by atoms with Crippen molar-refractivity contribution in [1.82, 2.24) is 0 Å². The zero-order chi connectivity index (χ0) is 24.8. The Kier molecular flexibility index (Phi) is 7.51. The Morgan fingerprint density at radius 2 is 1.66 bits per heavy atom. The van der Waals surface area contributed by atoms with E-state index in [0.717, 1.165) is 36.8 Å². The second-order valence-electron chi connectivity index (χ2n) is 9.17. The molecular formula is C30H31NO4. The Hall–Kier alpha value is -3.65. The summed E-state index contributed by atoms with van der Waals surface area (Å²) in [5.74, 6) is 4.78. The molecule has 0 bridgehead atoms. The van der Waals surface area contributed by atoms with E-state index in [2.05, 4.69) is 11.8 Å².